The largest absolute Gasteiger partial charge is 0.323 e. The molecule has 0 spiro atoms. The van der Waals surface area contributed by atoms with Gasteiger partial charge in [0.1, 0.15) is 0 Å². The third kappa shape index (κ3) is 3.26. The number of carbonyl (C=O) groups excluding carboxylic acids is 1. The number of hydrogen-bond acceptors (Lipinski definition) is 3. The summed E-state index contributed by atoms with van der Waals surface area (Å²) in [5, 5.41) is 6.61. The van der Waals surface area contributed by atoms with Crippen molar-refractivity contribution in [2.75, 3.05) is 5.32 Å². The van der Waals surface area contributed by atoms with Crippen molar-refractivity contribution in [1.29, 1.82) is 0 Å². The fraction of sp³-hybridized carbons (Fsp3) is 0.647. The Hall–Kier alpha value is -1.42. The van der Waals surface area contributed by atoms with Crippen LogP contribution >= 0.6 is 0 Å². The van der Waals surface area contributed by atoms with Crippen LogP contribution in [0.1, 0.15) is 49.9 Å². The molecular weight excluding hydrogens is 262 g/mol. The maximum Gasteiger partial charge on any atom is 0.241 e. The lowest BCUT2D eigenvalue weighted by Gasteiger charge is -2.39. The zero-order valence-electron chi connectivity index (χ0n) is 13.0. The van der Waals surface area contributed by atoms with Crippen molar-refractivity contribution >= 4 is 11.6 Å². The van der Waals surface area contributed by atoms with E-state index in [4.69, 9.17) is 0 Å². The number of nitrogens with one attached hydrogen (secondary N) is 2. The van der Waals surface area contributed by atoms with E-state index in [9.17, 15) is 4.79 Å². The van der Waals surface area contributed by atoms with Crippen molar-refractivity contribution in [3.63, 3.8) is 0 Å². The smallest absolute Gasteiger partial charge is 0.241 e. The highest BCUT2D eigenvalue weighted by atomic mass is 16.2. The van der Waals surface area contributed by atoms with Gasteiger partial charge in [0, 0.05) is 11.7 Å². The standard InChI is InChI=1S/C17H25N3O/c1-11-7-9-14(12(2)18-11)20-17(21)16-10-8-13-5-3-4-6-15(13)19-16/h7,9,13,15-16,19H,3-6,8,10H2,1-2H3,(H,20,21). The predicted octanol–water partition coefficient (Wildman–Crippen LogP) is 2.95. The van der Waals surface area contributed by atoms with E-state index in [0.717, 1.165) is 29.4 Å². The third-order valence-electron chi connectivity index (χ3n) is 4.95. The summed E-state index contributed by atoms with van der Waals surface area (Å²) >= 11 is 0. The first kappa shape index (κ1) is 14.5. The number of pyridine rings is 1. The van der Waals surface area contributed by atoms with Gasteiger partial charge in [0.05, 0.1) is 17.4 Å². The topological polar surface area (TPSA) is 54.0 Å². The lowest BCUT2D eigenvalue weighted by Crippen LogP contribution is -2.53. The molecule has 0 aromatic carbocycles. The zero-order valence-corrected chi connectivity index (χ0v) is 13.0. The summed E-state index contributed by atoms with van der Waals surface area (Å²) in [6, 6.07) is 4.38. The molecule has 1 saturated heterocycles. The quantitative estimate of drug-likeness (QED) is 0.879. The monoisotopic (exact) mass is 287 g/mol. The van der Waals surface area contributed by atoms with E-state index in [1.165, 1.54) is 32.1 Å². The number of fused-ring (bicyclic) bond motifs is 1. The van der Waals surface area contributed by atoms with E-state index in [1.54, 1.807) is 0 Å². The molecule has 1 aliphatic carbocycles. The van der Waals surface area contributed by atoms with Crippen LogP contribution in [0.3, 0.4) is 0 Å². The highest BCUT2D eigenvalue weighted by Gasteiger charge is 2.34. The van der Waals surface area contributed by atoms with Crippen LogP contribution < -0.4 is 10.6 Å². The molecule has 1 aliphatic heterocycles. The van der Waals surface area contributed by atoms with Crippen LogP contribution in [-0.4, -0.2) is 23.0 Å². The Bertz CT molecular complexity index is 529. The normalized spacial score (nSPS) is 28.8. The Morgan fingerprint density at radius 2 is 2.00 bits per heavy atom. The number of rotatable bonds is 2. The Morgan fingerprint density at radius 1 is 1.19 bits per heavy atom. The van der Waals surface area contributed by atoms with E-state index >= 15 is 0 Å². The van der Waals surface area contributed by atoms with E-state index < -0.39 is 0 Å². The Balaban J connectivity index is 1.63. The van der Waals surface area contributed by atoms with Crippen molar-refractivity contribution in [3.05, 3.63) is 23.5 Å². The predicted molar refractivity (Wildman–Crippen MR) is 84.2 cm³/mol. The summed E-state index contributed by atoms with van der Waals surface area (Å²) in [4.78, 5) is 16.9. The van der Waals surface area contributed by atoms with E-state index in [2.05, 4.69) is 15.6 Å². The van der Waals surface area contributed by atoms with Gasteiger partial charge in [-0.05, 0) is 57.6 Å². The molecule has 2 fully saturated rings. The SMILES string of the molecule is Cc1ccc(NC(=O)C2CCC3CCCCC3N2)c(C)n1. The van der Waals surface area contributed by atoms with Crippen LogP contribution in [-0.2, 0) is 4.79 Å². The summed E-state index contributed by atoms with van der Waals surface area (Å²) in [7, 11) is 0. The van der Waals surface area contributed by atoms with Crippen LogP contribution in [0, 0.1) is 19.8 Å². The van der Waals surface area contributed by atoms with Gasteiger partial charge in [-0.1, -0.05) is 12.8 Å². The molecule has 0 bridgehead atoms. The first-order valence-corrected chi connectivity index (χ1v) is 8.14. The second kappa shape index (κ2) is 6.14. The maximum atomic E-state index is 12.5. The summed E-state index contributed by atoms with van der Waals surface area (Å²) in [6.07, 6.45) is 7.33. The van der Waals surface area contributed by atoms with Gasteiger partial charge in [0.25, 0.3) is 0 Å². The minimum Gasteiger partial charge on any atom is -0.323 e. The maximum absolute atomic E-state index is 12.5. The number of aryl methyl sites for hydroxylation is 2. The van der Waals surface area contributed by atoms with Gasteiger partial charge in [0.2, 0.25) is 5.91 Å². The minimum atomic E-state index is -0.0509. The summed E-state index contributed by atoms with van der Waals surface area (Å²) in [5.41, 5.74) is 2.69. The molecule has 21 heavy (non-hydrogen) atoms. The first-order chi connectivity index (χ1) is 10.1. The highest BCUT2D eigenvalue weighted by Crippen LogP contribution is 2.32. The molecule has 4 heteroatoms. The van der Waals surface area contributed by atoms with Crippen LogP contribution in [0.25, 0.3) is 0 Å². The molecule has 114 valence electrons. The molecular formula is C17H25N3O. The van der Waals surface area contributed by atoms with E-state index in [1.807, 2.05) is 26.0 Å². The van der Waals surface area contributed by atoms with Gasteiger partial charge in [-0.15, -0.1) is 0 Å². The fourth-order valence-corrected chi connectivity index (χ4v) is 3.74. The molecule has 0 radical (unpaired) electrons. The molecule has 4 nitrogen and oxygen atoms in total. The molecule has 3 atom stereocenters. The van der Waals surface area contributed by atoms with Gasteiger partial charge >= 0.3 is 0 Å². The average molecular weight is 287 g/mol. The molecule has 1 saturated carbocycles. The minimum absolute atomic E-state index is 0.0509. The van der Waals surface area contributed by atoms with E-state index in [0.29, 0.717) is 6.04 Å². The van der Waals surface area contributed by atoms with Crippen molar-refractivity contribution < 1.29 is 4.79 Å². The van der Waals surface area contributed by atoms with Gasteiger partial charge in [-0.25, -0.2) is 0 Å². The summed E-state index contributed by atoms with van der Waals surface area (Å²) in [5.74, 6) is 0.873. The second-order valence-electron chi connectivity index (χ2n) is 6.52. The van der Waals surface area contributed by atoms with Crippen LogP contribution in [0.15, 0.2) is 12.1 Å². The Labute approximate surface area is 126 Å². The number of amides is 1. The molecule has 3 rings (SSSR count). The Morgan fingerprint density at radius 3 is 2.81 bits per heavy atom. The van der Waals surface area contributed by atoms with Crippen LogP contribution in [0.5, 0.6) is 0 Å². The van der Waals surface area contributed by atoms with Gasteiger partial charge in [-0.3, -0.25) is 9.78 Å². The lowest BCUT2D eigenvalue weighted by atomic mass is 9.77. The summed E-state index contributed by atoms with van der Waals surface area (Å²) in [6.45, 7) is 3.90. The molecule has 2 N–H and O–H groups in total. The Kier molecular flexibility index (Phi) is 4.24. The zero-order chi connectivity index (χ0) is 14.8. The number of anilines is 1. The number of piperidine rings is 1. The number of nitrogens with zero attached hydrogens (tertiary/aromatic N) is 1. The molecule has 1 aromatic rings. The first-order valence-electron chi connectivity index (χ1n) is 8.14. The number of carbonyl (C=O) groups is 1. The highest BCUT2D eigenvalue weighted by molar-refractivity contribution is 5.95. The van der Waals surface area contributed by atoms with Crippen molar-refractivity contribution in [1.82, 2.24) is 10.3 Å². The molecule has 1 aromatic heterocycles. The van der Waals surface area contributed by atoms with Crippen molar-refractivity contribution in [2.45, 2.75) is 64.5 Å². The van der Waals surface area contributed by atoms with Gasteiger partial charge in [-0.2, -0.15) is 0 Å². The number of aromatic nitrogens is 1. The molecule has 3 unspecified atom stereocenters. The molecule has 2 heterocycles. The lowest BCUT2D eigenvalue weighted by molar-refractivity contribution is -0.119. The van der Waals surface area contributed by atoms with E-state index in [-0.39, 0.29) is 11.9 Å². The van der Waals surface area contributed by atoms with Crippen LogP contribution in [0.2, 0.25) is 0 Å². The van der Waals surface area contributed by atoms with Gasteiger partial charge in [0.15, 0.2) is 0 Å². The molecule has 2 aliphatic rings. The average Bonchev–Trinajstić information content (AvgIpc) is 2.49. The van der Waals surface area contributed by atoms with Crippen molar-refractivity contribution in [2.24, 2.45) is 5.92 Å². The van der Waals surface area contributed by atoms with Crippen molar-refractivity contribution in [3.8, 4) is 0 Å². The third-order valence-corrected chi connectivity index (χ3v) is 4.95. The van der Waals surface area contributed by atoms with Crippen LogP contribution in [0.4, 0.5) is 5.69 Å². The van der Waals surface area contributed by atoms with Gasteiger partial charge < -0.3 is 10.6 Å². The second-order valence-corrected chi connectivity index (χ2v) is 6.52. The summed E-state index contributed by atoms with van der Waals surface area (Å²) < 4.78 is 0. The molecule has 1 amide bonds. The number of hydrogen-bond donors (Lipinski definition) is 2. The fourth-order valence-electron chi connectivity index (χ4n) is 3.74.